The van der Waals surface area contributed by atoms with Crippen molar-refractivity contribution in [3.8, 4) is 0 Å². The Kier molecular flexibility index (Phi) is 4.69. The van der Waals surface area contributed by atoms with Crippen LogP contribution in [0.25, 0.3) is 0 Å². The number of fused-ring (bicyclic) bond motifs is 2. The van der Waals surface area contributed by atoms with Gasteiger partial charge in [0.05, 0.1) is 18.8 Å². The predicted octanol–water partition coefficient (Wildman–Crippen LogP) is 2.24. The quantitative estimate of drug-likeness (QED) is 0.767. The van der Waals surface area contributed by atoms with Crippen LogP contribution in [0.4, 0.5) is 4.79 Å². The van der Waals surface area contributed by atoms with Gasteiger partial charge in [-0.1, -0.05) is 43.2 Å². The number of hydrogen-bond donors (Lipinski definition) is 3. The van der Waals surface area contributed by atoms with Crippen LogP contribution >= 0.6 is 0 Å². The second-order valence-corrected chi connectivity index (χ2v) is 7.85. The number of carbonyl (C=O) groups excluding carboxylic acids is 1. The van der Waals surface area contributed by atoms with E-state index < -0.39 is 0 Å². The number of nitrogens with one attached hydrogen (secondary N) is 2. The topological polar surface area (TPSA) is 70.6 Å². The average Bonchev–Trinajstić information content (AvgIpc) is 3.29. The number of ether oxygens (including phenoxy) is 1. The number of aliphatic hydroxyl groups excluding tert-OH is 1. The Hall–Kier alpha value is -1.59. The number of carbonyl (C=O) groups is 1. The largest absolute Gasteiger partial charge is 0.394 e. The Bertz CT molecular complexity index is 600. The molecule has 0 unspecified atom stereocenters. The lowest BCUT2D eigenvalue weighted by molar-refractivity contribution is -0.126. The van der Waals surface area contributed by atoms with Gasteiger partial charge in [-0.05, 0) is 31.2 Å². The summed E-state index contributed by atoms with van der Waals surface area (Å²) >= 11 is 0. The van der Waals surface area contributed by atoms with Crippen molar-refractivity contribution in [2.75, 3.05) is 13.2 Å². The number of hydrogen-bond acceptors (Lipinski definition) is 3. The van der Waals surface area contributed by atoms with Gasteiger partial charge in [0, 0.05) is 24.0 Å². The summed E-state index contributed by atoms with van der Waals surface area (Å²) in [5.41, 5.74) is 1.27. The van der Waals surface area contributed by atoms with E-state index in [1.165, 1.54) is 12.8 Å². The highest BCUT2D eigenvalue weighted by Crippen LogP contribution is 2.60. The lowest BCUT2D eigenvalue weighted by Gasteiger charge is -2.56. The Labute approximate surface area is 149 Å². The molecule has 2 aliphatic carbocycles. The Morgan fingerprint density at radius 2 is 2.04 bits per heavy atom. The molecule has 2 amide bonds. The van der Waals surface area contributed by atoms with Crippen LogP contribution in [0, 0.1) is 11.3 Å². The van der Waals surface area contributed by atoms with Crippen molar-refractivity contribution in [2.45, 2.75) is 56.7 Å². The molecule has 1 spiro atoms. The highest BCUT2D eigenvalue weighted by molar-refractivity contribution is 5.75. The third-order valence-electron chi connectivity index (χ3n) is 6.45. The van der Waals surface area contributed by atoms with Crippen LogP contribution in [0.3, 0.4) is 0 Å². The van der Waals surface area contributed by atoms with E-state index in [1.54, 1.807) is 0 Å². The summed E-state index contributed by atoms with van der Waals surface area (Å²) < 4.78 is 5.97. The summed E-state index contributed by atoms with van der Waals surface area (Å²) in [5, 5.41) is 15.8. The molecule has 1 aromatic rings. The van der Waals surface area contributed by atoms with Crippen LogP contribution < -0.4 is 10.6 Å². The van der Waals surface area contributed by atoms with E-state index >= 15 is 0 Å². The molecule has 5 nitrogen and oxygen atoms in total. The van der Waals surface area contributed by atoms with Gasteiger partial charge in [0.15, 0.2) is 0 Å². The lowest BCUT2D eigenvalue weighted by Crippen LogP contribution is -2.69. The van der Waals surface area contributed by atoms with E-state index in [1.807, 2.05) is 30.3 Å². The molecule has 0 aromatic heterocycles. The van der Waals surface area contributed by atoms with Crippen molar-refractivity contribution in [3.05, 3.63) is 35.9 Å². The highest BCUT2D eigenvalue weighted by Gasteiger charge is 2.65. The minimum Gasteiger partial charge on any atom is -0.394 e. The van der Waals surface area contributed by atoms with Gasteiger partial charge in [-0.2, -0.15) is 0 Å². The molecule has 0 bridgehead atoms. The zero-order valence-corrected chi connectivity index (χ0v) is 14.6. The molecule has 4 atom stereocenters. The minimum atomic E-state index is -0.266. The van der Waals surface area contributed by atoms with Gasteiger partial charge in [0.25, 0.3) is 0 Å². The zero-order chi connectivity index (χ0) is 17.3. The highest BCUT2D eigenvalue weighted by atomic mass is 16.5. The van der Waals surface area contributed by atoms with E-state index in [9.17, 15) is 9.90 Å². The first kappa shape index (κ1) is 16.9. The van der Waals surface area contributed by atoms with Gasteiger partial charge in [-0.25, -0.2) is 4.79 Å². The molecule has 3 fully saturated rings. The van der Waals surface area contributed by atoms with Crippen molar-refractivity contribution in [1.82, 2.24) is 10.6 Å². The molecule has 5 heteroatoms. The maximum absolute atomic E-state index is 12.6. The van der Waals surface area contributed by atoms with Crippen molar-refractivity contribution in [2.24, 2.45) is 11.3 Å². The summed E-state index contributed by atoms with van der Waals surface area (Å²) in [6.45, 7) is 0.761. The summed E-state index contributed by atoms with van der Waals surface area (Å²) in [4.78, 5) is 12.6. The Balaban J connectivity index is 1.36. The maximum atomic E-state index is 12.6. The molecule has 1 aliphatic heterocycles. The molecule has 1 heterocycles. The van der Waals surface area contributed by atoms with Crippen LogP contribution in [0.5, 0.6) is 0 Å². The Morgan fingerprint density at radius 1 is 1.28 bits per heavy atom. The normalized spacial score (nSPS) is 30.5. The molecule has 3 N–H and O–H groups in total. The van der Waals surface area contributed by atoms with Crippen molar-refractivity contribution in [3.63, 3.8) is 0 Å². The average molecular weight is 344 g/mol. The van der Waals surface area contributed by atoms with Crippen LogP contribution in [-0.4, -0.2) is 42.5 Å². The molecule has 25 heavy (non-hydrogen) atoms. The summed E-state index contributed by atoms with van der Waals surface area (Å²) in [5.74, 6) is 0.463. The molecule has 1 aromatic carbocycles. The first-order valence-electron chi connectivity index (χ1n) is 9.56. The van der Waals surface area contributed by atoms with Crippen LogP contribution in [-0.2, 0) is 11.2 Å². The fourth-order valence-electron chi connectivity index (χ4n) is 5.33. The monoisotopic (exact) mass is 344 g/mol. The fraction of sp³-hybridized carbons (Fsp3) is 0.650. The van der Waals surface area contributed by atoms with E-state index in [0.29, 0.717) is 18.4 Å². The van der Waals surface area contributed by atoms with Gasteiger partial charge >= 0.3 is 6.03 Å². The zero-order valence-electron chi connectivity index (χ0n) is 14.6. The first-order valence-corrected chi connectivity index (χ1v) is 9.56. The molecular formula is C20H28N2O3. The van der Waals surface area contributed by atoms with Crippen LogP contribution in [0.1, 0.15) is 37.7 Å². The summed E-state index contributed by atoms with van der Waals surface area (Å²) in [6.07, 6.45) is 6.82. The summed E-state index contributed by atoms with van der Waals surface area (Å²) in [7, 11) is 0. The lowest BCUT2D eigenvalue weighted by atomic mass is 9.54. The minimum absolute atomic E-state index is 0.0622. The second-order valence-electron chi connectivity index (χ2n) is 7.85. The molecule has 4 rings (SSSR count). The predicted molar refractivity (Wildman–Crippen MR) is 95.2 cm³/mol. The molecule has 1 saturated heterocycles. The number of aliphatic hydroxyl groups is 1. The molecular weight excluding hydrogens is 316 g/mol. The smallest absolute Gasteiger partial charge is 0.315 e. The van der Waals surface area contributed by atoms with Gasteiger partial charge in [0.2, 0.25) is 0 Å². The molecule has 0 radical (unpaired) electrons. The SMILES string of the molecule is O=C(N[C@H](CO)Cc1ccccc1)N[C@@H]1[C@H]2CCO[C@@H]2C12CCCC2. The Morgan fingerprint density at radius 3 is 2.76 bits per heavy atom. The number of rotatable bonds is 5. The number of urea groups is 1. The molecule has 136 valence electrons. The fourth-order valence-corrected chi connectivity index (χ4v) is 5.33. The second kappa shape index (κ2) is 6.96. The standard InChI is InChI=1S/C20H28N2O3/c23-13-15(12-14-6-2-1-3-7-14)21-19(24)22-17-16-8-11-25-18(16)20(17)9-4-5-10-20/h1-3,6-7,15-18,23H,4-5,8-13H2,(H2,21,22,24)/t15-,16+,17+,18-/m0/s1. The van der Waals surface area contributed by atoms with Gasteiger partial charge in [-0.3, -0.25) is 0 Å². The van der Waals surface area contributed by atoms with Gasteiger partial charge < -0.3 is 20.5 Å². The maximum Gasteiger partial charge on any atom is 0.315 e. The van der Waals surface area contributed by atoms with Crippen LogP contribution in [0.2, 0.25) is 0 Å². The van der Waals surface area contributed by atoms with Gasteiger partial charge in [-0.15, -0.1) is 0 Å². The number of benzene rings is 1. The van der Waals surface area contributed by atoms with Crippen molar-refractivity contribution >= 4 is 6.03 Å². The van der Waals surface area contributed by atoms with E-state index in [-0.39, 0.29) is 30.1 Å². The summed E-state index contributed by atoms with van der Waals surface area (Å²) in [6, 6.07) is 9.75. The molecule has 2 saturated carbocycles. The first-order chi connectivity index (χ1) is 12.2. The van der Waals surface area contributed by atoms with E-state index in [4.69, 9.17) is 4.74 Å². The van der Waals surface area contributed by atoms with E-state index in [2.05, 4.69) is 10.6 Å². The third-order valence-corrected chi connectivity index (χ3v) is 6.45. The van der Waals surface area contributed by atoms with Gasteiger partial charge in [0.1, 0.15) is 0 Å². The van der Waals surface area contributed by atoms with Crippen molar-refractivity contribution in [1.29, 1.82) is 0 Å². The number of amides is 2. The van der Waals surface area contributed by atoms with Crippen molar-refractivity contribution < 1.29 is 14.6 Å². The third kappa shape index (κ3) is 3.04. The molecule has 3 aliphatic rings. The van der Waals surface area contributed by atoms with Crippen LogP contribution in [0.15, 0.2) is 30.3 Å². The van der Waals surface area contributed by atoms with E-state index in [0.717, 1.165) is 31.4 Å².